The molecule has 0 bridgehead atoms. The number of nitrogens with one attached hydrogen (secondary N) is 1. The van der Waals surface area contributed by atoms with Crippen molar-refractivity contribution in [2.24, 2.45) is 0 Å². The van der Waals surface area contributed by atoms with Gasteiger partial charge >= 0.3 is 0 Å². The molecule has 0 amide bonds. The third-order valence-corrected chi connectivity index (χ3v) is 4.24. The lowest BCUT2D eigenvalue weighted by Gasteiger charge is -2.12. The summed E-state index contributed by atoms with van der Waals surface area (Å²) in [6.07, 6.45) is 6.16. The number of ether oxygens (including phenoxy) is 1. The van der Waals surface area contributed by atoms with Gasteiger partial charge in [0.15, 0.2) is 0 Å². The van der Waals surface area contributed by atoms with Gasteiger partial charge in [0, 0.05) is 35.0 Å². The normalized spacial score (nSPS) is 14.3. The molecule has 1 aliphatic carbocycles. The molecule has 3 rings (SSSR count). The Labute approximate surface area is 135 Å². The van der Waals surface area contributed by atoms with Crippen molar-refractivity contribution in [3.05, 3.63) is 51.2 Å². The lowest BCUT2D eigenvalue weighted by atomic mass is 10.2. The van der Waals surface area contributed by atoms with Gasteiger partial charge in [0.1, 0.15) is 11.5 Å². The molecule has 0 saturated heterocycles. The zero-order chi connectivity index (χ0) is 13.9. The molecule has 3 nitrogen and oxygen atoms in total. The van der Waals surface area contributed by atoms with E-state index in [1.165, 1.54) is 12.8 Å². The van der Waals surface area contributed by atoms with Gasteiger partial charge in [-0.3, -0.25) is 4.98 Å². The van der Waals surface area contributed by atoms with E-state index in [-0.39, 0.29) is 0 Å². The highest BCUT2D eigenvalue weighted by Gasteiger charge is 2.20. The van der Waals surface area contributed by atoms with Crippen LogP contribution < -0.4 is 10.1 Å². The third kappa shape index (κ3) is 3.59. The number of rotatable bonds is 5. The molecule has 104 valence electrons. The molecule has 2 aromatic rings. The highest BCUT2D eigenvalue weighted by molar-refractivity contribution is 9.11. The van der Waals surface area contributed by atoms with E-state index in [2.05, 4.69) is 42.2 Å². The van der Waals surface area contributed by atoms with Crippen molar-refractivity contribution < 1.29 is 4.74 Å². The Kier molecular flexibility index (Phi) is 4.38. The van der Waals surface area contributed by atoms with Gasteiger partial charge in [-0.1, -0.05) is 15.9 Å². The number of hydrogen-bond donors (Lipinski definition) is 1. The van der Waals surface area contributed by atoms with Crippen LogP contribution in [0.2, 0.25) is 0 Å². The molecule has 0 spiro atoms. The third-order valence-electron chi connectivity index (χ3n) is 3.13. The van der Waals surface area contributed by atoms with E-state index in [0.717, 1.165) is 32.6 Å². The maximum absolute atomic E-state index is 6.00. The standard InChI is InChI=1S/C15H14Br2N2O/c16-11-1-4-15(13(17)7-11)20-14-5-6-18-8-10(14)9-19-12-2-3-12/h1,4-8,12,19H,2-3,9H2. The molecular formula is C15H14Br2N2O. The number of nitrogens with zero attached hydrogens (tertiary/aromatic N) is 1. The van der Waals surface area contributed by atoms with Crippen LogP contribution in [0.15, 0.2) is 45.6 Å². The highest BCUT2D eigenvalue weighted by atomic mass is 79.9. The summed E-state index contributed by atoms with van der Waals surface area (Å²) in [6.45, 7) is 0.794. The topological polar surface area (TPSA) is 34.1 Å². The summed E-state index contributed by atoms with van der Waals surface area (Å²) in [5.41, 5.74) is 1.08. The maximum atomic E-state index is 6.00. The molecule has 0 radical (unpaired) electrons. The second kappa shape index (κ2) is 6.24. The van der Waals surface area contributed by atoms with Gasteiger partial charge in [0.05, 0.1) is 4.47 Å². The Balaban J connectivity index is 1.78. The fourth-order valence-electron chi connectivity index (χ4n) is 1.86. The van der Waals surface area contributed by atoms with Crippen LogP contribution in [0.25, 0.3) is 0 Å². The van der Waals surface area contributed by atoms with Crippen LogP contribution in [-0.4, -0.2) is 11.0 Å². The van der Waals surface area contributed by atoms with E-state index in [1.54, 1.807) is 6.20 Å². The average molecular weight is 398 g/mol. The minimum absolute atomic E-state index is 0.669. The van der Waals surface area contributed by atoms with Gasteiger partial charge in [-0.2, -0.15) is 0 Å². The Hall–Kier alpha value is -0.910. The highest BCUT2D eigenvalue weighted by Crippen LogP contribution is 2.33. The first-order chi connectivity index (χ1) is 9.72. The summed E-state index contributed by atoms with van der Waals surface area (Å²) < 4.78 is 7.94. The molecule has 20 heavy (non-hydrogen) atoms. The van der Waals surface area contributed by atoms with Crippen LogP contribution in [0.1, 0.15) is 18.4 Å². The molecule has 5 heteroatoms. The molecule has 1 fully saturated rings. The van der Waals surface area contributed by atoms with Crippen molar-refractivity contribution in [3.8, 4) is 11.5 Å². The molecule has 0 unspecified atom stereocenters. The SMILES string of the molecule is Brc1ccc(Oc2ccncc2CNC2CC2)c(Br)c1. The molecule has 1 heterocycles. The van der Waals surface area contributed by atoms with E-state index >= 15 is 0 Å². The van der Waals surface area contributed by atoms with Gasteiger partial charge in [0.25, 0.3) is 0 Å². The Bertz CT molecular complexity index is 615. The first-order valence-corrected chi connectivity index (χ1v) is 8.10. The van der Waals surface area contributed by atoms with Gasteiger partial charge in [-0.25, -0.2) is 0 Å². The van der Waals surface area contributed by atoms with Crippen molar-refractivity contribution in [2.75, 3.05) is 0 Å². The van der Waals surface area contributed by atoms with E-state index in [9.17, 15) is 0 Å². The second-order valence-corrected chi connectivity index (χ2v) is 6.59. The predicted octanol–water partition coefficient (Wildman–Crippen LogP) is 4.65. The molecule has 1 aromatic carbocycles. The zero-order valence-corrected chi connectivity index (χ0v) is 13.9. The van der Waals surface area contributed by atoms with Gasteiger partial charge in [-0.05, 0) is 53.0 Å². The smallest absolute Gasteiger partial charge is 0.141 e. The van der Waals surface area contributed by atoms with Crippen molar-refractivity contribution >= 4 is 31.9 Å². The number of benzene rings is 1. The number of halogens is 2. The van der Waals surface area contributed by atoms with Gasteiger partial charge in [0.2, 0.25) is 0 Å². The van der Waals surface area contributed by atoms with E-state index in [1.807, 2.05) is 30.5 Å². The molecule has 1 aromatic heterocycles. The number of pyridine rings is 1. The largest absolute Gasteiger partial charge is 0.456 e. The summed E-state index contributed by atoms with van der Waals surface area (Å²) in [4.78, 5) is 4.18. The predicted molar refractivity (Wildman–Crippen MR) is 86.0 cm³/mol. The molecule has 1 saturated carbocycles. The first kappa shape index (κ1) is 14.0. The Morgan fingerprint density at radius 1 is 1.20 bits per heavy atom. The first-order valence-electron chi connectivity index (χ1n) is 6.51. The quantitative estimate of drug-likeness (QED) is 0.797. The van der Waals surface area contributed by atoms with E-state index < -0.39 is 0 Å². The van der Waals surface area contributed by atoms with Crippen LogP contribution in [0.4, 0.5) is 0 Å². The van der Waals surface area contributed by atoms with Crippen molar-refractivity contribution in [1.29, 1.82) is 0 Å². The summed E-state index contributed by atoms with van der Waals surface area (Å²) in [7, 11) is 0. The monoisotopic (exact) mass is 396 g/mol. The fourth-order valence-corrected chi connectivity index (χ4v) is 2.99. The van der Waals surface area contributed by atoms with Crippen molar-refractivity contribution in [3.63, 3.8) is 0 Å². The Morgan fingerprint density at radius 3 is 2.80 bits per heavy atom. The molecule has 1 aliphatic rings. The van der Waals surface area contributed by atoms with E-state index in [0.29, 0.717) is 6.04 Å². The summed E-state index contributed by atoms with van der Waals surface area (Å²) in [5, 5.41) is 3.48. The molecule has 0 aliphatic heterocycles. The maximum Gasteiger partial charge on any atom is 0.141 e. The van der Waals surface area contributed by atoms with Crippen LogP contribution in [0.5, 0.6) is 11.5 Å². The van der Waals surface area contributed by atoms with E-state index in [4.69, 9.17) is 4.74 Å². The van der Waals surface area contributed by atoms with Gasteiger partial charge in [-0.15, -0.1) is 0 Å². The zero-order valence-electron chi connectivity index (χ0n) is 10.8. The second-order valence-electron chi connectivity index (χ2n) is 4.82. The molecule has 1 N–H and O–H groups in total. The van der Waals surface area contributed by atoms with Gasteiger partial charge < -0.3 is 10.1 Å². The Morgan fingerprint density at radius 2 is 2.05 bits per heavy atom. The van der Waals surface area contributed by atoms with Crippen LogP contribution in [0, 0.1) is 0 Å². The minimum atomic E-state index is 0.669. The fraction of sp³-hybridized carbons (Fsp3) is 0.267. The van der Waals surface area contributed by atoms with Crippen molar-refractivity contribution in [2.45, 2.75) is 25.4 Å². The van der Waals surface area contributed by atoms with Crippen LogP contribution >= 0.6 is 31.9 Å². The summed E-state index contributed by atoms with van der Waals surface area (Å²) in [6, 6.07) is 8.44. The van der Waals surface area contributed by atoms with Crippen LogP contribution in [0.3, 0.4) is 0 Å². The minimum Gasteiger partial charge on any atom is -0.456 e. The van der Waals surface area contributed by atoms with Crippen molar-refractivity contribution in [1.82, 2.24) is 10.3 Å². The lowest BCUT2D eigenvalue weighted by molar-refractivity contribution is 0.468. The lowest BCUT2D eigenvalue weighted by Crippen LogP contribution is -2.15. The number of aromatic nitrogens is 1. The van der Waals surface area contributed by atoms with Crippen LogP contribution in [-0.2, 0) is 6.54 Å². The number of hydrogen-bond acceptors (Lipinski definition) is 3. The molecular weight excluding hydrogens is 384 g/mol. The average Bonchev–Trinajstić information content (AvgIpc) is 3.25. The molecule has 0 atom stereocenters. The summed E-state index contributed by atoms with van der Waals surface area (Å²) in [5.74, 6) is 1.64. The summed E-state index contributed by atoms with van der Waals surface area (Å²) >= 11 is 6.95.